The Balaban J connectivity index is 1.30. The van der Waals surface area contributed by atoms with Crippen LogP contribution in [-0.4, -0.2) is 28.3 Å². The molecule has 5 rings (SSSR count). The van der Waals surface area contributed by atoms with Crippen molar-refractivity contribution in [1.29, 1.82) is 0 Å². The fraction of sp³-hybridized carbons (Fsp3) is 0.136. The highest BCUT2D eigenvalue weighted by Gasteiger charge is 2.35. The predicted octanol–water partition coefficient (Wildman–Crippen LogP) is 4.28. The fourth-order valence-electron chi connectivity index (χ4n) is 3.69. The number of hydrogen-bond donors (Lipinski definition) is 2. The van der Waals surface area contributed by atoms with E-state index in [1.807, 2.05) is 66.2 Å². The first kappa shape index (κ1) is 17.6. The van der Waals surface area contributed by atoms with Crippen LogP contribution >= 0.6 is 11.3 Å². The van der Waals surface area contributed by atoms with Crippen LogP contribution in [0.4, 0.5) is 10.8 Å². The molecule has 3 heterocycles. The largest absolute Gasteiger partial charge is 0.360 e. The first-order chi connectivity index (χ1) is 14.2. The quantitative estimate of drug-likeness (QED) is 0.535. The molecule has 0 saturated carbocycles. The summed E-state index contributed by atoms with van der Waals surface area (Å²) in [5.74, 6) is -0.588. The molecule has 1 aliphatic heterocycles. The van der Waals surface area contributed by atoms with Gasteiger partial charge in [-0.25, -0.2) is 4.98 Å². The molecule has 1 aliphatic rings. The van der Waals surface area contributed by atoms with E-state index in [1.165, 1.54) is 11.3 Å². The number of carbonyl (C=O) groups is 2. The molecule has 0 bridgehead atoms. The van der Waals surface area contributed by atoms with Crippen molar-refractivity contribution >= 4 is 44.9 Å². The lowest BCUT2D eigenvalue weighted by atomic mass is 10.1. The number of hydrogen-bond acceptors (Lipinski definition) is 4. The summed E-state index contributed by atoms with van der Waals surface area (Å²) in [5.41, 5.74) is 3.69. The Morgan fingerprint density at radius 1 is 1.14 bits per heavy atom. The van der Waals surface area contributed by atoms with Gasteiger partial charge in [0, 0.05) is 46.7 Å². The van der Waals surface area contributed by atoms with Gasteiger partial charge >= 0.3 is 0 Å². The molecule has 7 heteroatoms. The molecule has 2 N–H and O–H groups in total. The first-order valence-electron chi connectivity index (χ1n) is 9.37. The van der Waals surface area contributed by atoms with Crippen molar-refractivity contribution in [2.45, 2.75) is 6.42 Å². The van der Waals surface area contributed by atoms with Gasteiger partial charge in [-0.3, -0.25) is 9.59 Å². The summed E-state index contributed by atoms with van der Waals surface area (Å²) in [6.07, 6.45) is 2.14. The summed E-state index contributed by atoms with van der Waals surface area (Å²) in [6, 6.07) is 17.5. The van der Waals surface area contributed by atoms with Gasteiger partial charge in [0.25, 0.3) is 0 Å². The zero-order valence-corrected chi connectivity index (χ0v) is 16.3. The van der Waals surface area contributed by atoms with E-state index in [9.17, 15) is 9.59 Å². The molecular formula is C22H18N4O2S. The van der Waals surface area contributed by atoms with E-state index in [1.54, 1.807) is 4.90 Å². The summed E-state index contributed by atoms with van der Waals surface area (Å²) in [4.78, 5) is 34.6. The van der Waals surface area contributed by atoms with Crippen molar-refractivity contribution in [3.8, 4) is 11.3 Å². The first-order valence-corrected chi connectivity index (χ1v) is 10.3. The maximum absolute atomic E-state index is 12.7. The molecule has 4 aromatic rings. The Bertz CT molecular complexity index is 1200. The Morgan fingerprint density at radius 3 is 2.79 bits per heavy atom. The number of fused-ring (bicyclic) bond motifs is 1. The number of benzene rings is 2. The van der Waals surface area contributed by atoms with Gasteiger partial charge in [0.2, 0.25) is 11.8 Å². The highest BCUT2D eigenvalue weighted by molar-refractivity contribution is 7.14. The Hall–Kier alpha value is -3.45. The molecule has 1 saturated heterocycles. The van der Waals surface area contributed by atoms with Gasteiger partial charge in [0.1, 0.15) is 0 Å². The Labute approximate surface area is 171 Å². The van der Waals surface area contributed by atoms with Crippen LogP contribution in [0.1, 0.15) is 6.42 Å². The number of rotatable bonds is 4. The average Bonchev–Trinajstić information content (AvgIpc) is 3.46. The van der Waals surface area contributed by atoms with E-state index >= 15 is 0 Å². The second-order valence-corrected chi connectivity index (χ2v) is 7.87. The predicted molar refractivity (Wildman–Crippen MR) is 115 cm³/mol. The number of carbonyl (C=O) groups excluding carboxylic acids is 2. The van der Waals surface area contributed by atoms with Gasteiger partial charge < -0.3 is 15.2 Å². The molecule has 1 fully saturated rings. The number of thiazole rings is 1. The third-order valence-electron chi connectivity index (χ3n) is 5.16. The van der Waals surface area contributed by atoms with E-state index in [0.717, 1.165) is 27.8 Å². The normalized spacial score (nSPS) is 16.5. The van der Waals surface area contributed by atoms with Crippen LogP contribution in [0, 0.1) is 5.92 Å². The number of aromatic nitrogens is 2. The monoisotopic (exact) mass is 402 g/mol. The van der Waals surface area contributed by atoms with Crippen LogP contribution in [0.15, 0.2) is 66.2 Å². The second kappa shape index (κ2) is 7.18. The minimum Gasteiger partial charge on any atom is -0.360 e. The van der Waals surface area contributed by atoms with Crippen molar-refractivity contribution < 1.29 is 9.59 Å². The van der Waals surface area contributed by atoms with Crippen LogP contribution in [0.25, 0.3) is 22.2 Å². The molecule has 0 radical (unpaired) electrons. The lowest BCUT2D eigenvalue weighted by Gasteiger charge is -2.16. The van der Waals surface area contributed by atoms with E-state index < -0.39 is 0 Å². The topological polar surface area (TPSA) is 78.1 Å². The summed E-state index contributed by atoms with van der Waals surface area (Å²) < 4.78 is 0. The van der Waals surface area contributed by atoms with Crippen molar-refractivity contribution in [1.82, 2.24) is 9.97 Å². The van der Waals surface area contributed by atoms with Gasteiger partial charge in [-0.2, -0.15) is 0 Å². The number of H-pyrrole nitrogens is 1. The molecule has 144 valence electrons. The molecule has 0 aliphatic carbocycles. The van der Waals surface area contributed by atoms with Gasteiger partial charge in [0.15, 0.2) is 5.13 Å². The number of aromatic amines is 1. The lowest BCUT2D eigenvalue weighted by Crippen LogP contribution is -2.28. The van der Waals surface area contributed by atoms with E-state index in [0.29, 0.717) is 11.7 Å². The lowest BCUT2D eigenvalue weighted by molar-refractivity contribution is -0.122. The number of anilines is 2. The SMILES string of the molecule is O=C(Nc1nc(-c2c[nH]c3ccccc23)cs1)C1CC(=O)N(c2ccccc2)C1. The van der Waals surface area contributed by atoms with Crippen molar-refractivity contribution in [3.63, 3.8) is 0 Å². The molecule has 6 nitrogen and oxygen atoms in total. The molecule has 1 unspecified atom stereocenters. The molecule has 2 amide bonds. The highest BCUT2D eigenvalue weighted by Crippen LogP contribution is 2.32. The van der Waals surface area contributed by atoms with Gasteiger partial charge in [-0.05, 0) is 18.2 Å². The van der Waals surface area contributed by atoms with E-state index in [4.69, 9.17) is 0 Å². The number of nitrogens with one attached hydrogen (secondary N) is 2. The second-order valence-electron chi connectivity index (χ2n) is 7.02. The molecule has 0 spiro atoms. The Kier molecular flexibility index (Phi) is 4.37. The zero-order chi connectivity index (χ0) is 19.8. The van der Waals surface area contributed by atoms with Gasteiger partial charge in [0.05, 0.1) is 11.6 Å². The van der Waals surface area contributed by atoms with Crippen LogP contribution in [-0.2, 0) is 9.59 Å². The summed E-state index contributed by atoms with van der Waals surface area (Å²) in [6.45, 7) is 0.384. The third-order valence-corrected chi connectivity index (χ3v) is 5.92. The van der Waals surface area contributed by atoms with Crippen molar-refractivity contribution in [3.05, 3.63) is 66.2 Å². The summed E-state index contributed by atoms with van der Waals surface area (Å²) >= 11 is 1.39. The van der Waals surface area contributed by atoms with Crippen LogP contribution in [0.5, 0.6) is 0 Å². The molecular weight excluding hydrogens is 384 g/mol. The van der Waals surface area contributed by atoms with E-state index in [-0.39, 0.29) is 24.2 Å². The van der Waals surface area contributed by atoms with Crippen LogP contribution in [0.3, 0.4) is 0 Å². The van der Waals surface area contributed by atoms with Crippen LogP contribution in [0.2, 0.25) is 0 Å². The third kappa shape index (κ3) is 3.30. The standard InChI is InChI=1S/C22H18N4O2S/c27-20-10-14(12-26(20)15-6-2-1-3-7-15)21(28)25-22-24-19(13-29-22)17-11-23-18-9-5-4-8-16(17)18/h1-9,11,13-14,23H,10,12H2,(H,24,25,28). The molecule has 1 atom stereocenters. The maximum atomic E-state index is 12.7. The van der Waals surface area contributed by atoms with Crippen molar-refractivity contribution in [2.75, 3.05) is 16.8 Å². The smallest absolute Gasteiger partial charge is 0.231 e. The van der Waals surface area contributed by atoms with Crippen LogP contribution < -0.4 is 10.2 Å². The average molecular weight is 402 g/mol. The molecule has 29 heavy (non-hydrogen) atoms. The van der Waals surface area contributed by atoms with Crippen molar-refractivity contribution in [2.24, 2.45) is 5.92 Å². The highest BCUT2D eigenvalue weighted by atomic mass is 32.1. The summed E-state index contributed by atoms with van der Waals surface area (Å²) in [7, 11) is 0. The fourth-order valence-corrected chi connectivity index (χ4v) is 4.40. The van der Waals surface area contributed by atoms with Gasteiger partial charge in [-0.15, -0.1) is 11.3 Å². The Morgan fingerprint density at radius 2 is 1.93 bits per heavy atom. The molecule has 2 aromatic heterocycles. The summed E-state index contributed by atoms with van der Waals surface area (Å²) in [5, 5.41) is 6.45. The zero-order valence-electron chi connectivity index (χ0n) is 15.5. The number of amides is 2. The van der Waals surface area contributed by atoms with Gasteiger partial charge in [-0.1, -0.05) is 36.4 Å². The van der Waals surface area contributed by atoms with E-state index in [2.05, 4.69) is 15.3 Å². The minimum absolute atomic E-state index is 0.0324. The number of para-hydroxylation sites is 2. The number of nitrogens with zero attached hydrogens (tertiary/aromatic N) is 2. The molecule has 2 aromatic carbocycles. The maximum Gasteiger partial charge on any atom is 0.231 e. The minimum atomic E-state index is -0.386.